The zero-order valence-electron chi connectivity index (χ0n) is 14.9. The van der Waals surface area contributed by atoms with E-state index < -0.39 is 39.8 Å². The Morgan fingerprint density at radius 1 is 1.26 bits per heavy atom. The molecule has 0 aliphatic carbocycles. The van der Waals surface area contributed by atoms with E-state index in [1.54, 1.807) is 12.1 Å². The number of carboxylic acids is 1. The fourth-order valence-electron chi connectivity index (χ4n) is 2.83. The lowest BCUT2D eigenvalue weighted by molar-refractivity contribution is -0.385. The number of aryl methyl sites for hydroxylation is 2. The standard InChI is InChI=1S/C19H19FN2O5/c1-11-4-3-5-13(6-11)8-14(19(24)25)10-21-18(23)16-9-15(20)7-12(2)17(16)22(26)27/h3-7,9,14H,8,10H2,1-2H3,(H,21,23)(H,24,25). The summed E-state index contributed by atoms with van der Waals surface area (Å²) >= 11 is 0. The SMILES string of the molecule is Cc1cccc(CC(CNC(=O)c2cc(F)cc(C)c2[N+](=O)[O-])C(=O)O)c1. The summed E-state index contributed by atoms with van der Waals surface area (Å²) in [6, 6.07) is 9.06. The van der Waals surface area contributed by atoms with Gasteiger partial charge in [-0.15, -0.1) is 0 Å². The molecule has 8 heteroatoms. The van der Waals surface area contributed by atoms with Gasteiger partial charge in [0.25, 0.3) is 11.6 Å². The molecule has 0 heterocycles. The monoisotopic (exact) mass is 374 g/mol. The van der Waals surface area contributed by atoms with Crippen LogP contribution in [0.5, 0.6) is 0 Å². The van der Waals surface area contributed by atoms with Crippen LogP contribution in [0.3, 0.4) is 0 Å². The summed E-state index contributed by atoms with van der Waals surface area (Å²) in [5.41, 5.74) is 0.854. The number of nitrogens with zero attached hydrogens (tertiary/aromatic N) is 1. The number of amides is 1. The largest absolute Gasteiger partial charge is 0.481 e. The third-order valence-corrected chi connectivity index (χ3v) is 4.12. The molecule has 1 unspecified atom stereocenters. The van der Waals surface area contributed by atoms with Crippen molar-refractivity contribution in [3.8, 4) is 0 Å². The van der Waals surface area contributed by atoms with Crippen LogP contribution in [0.25, 0.3) is 0 Å². The van der Waals surface area contributed by atoms with Gasteiger partial charge in [-0.25, -0.2) is 4.39 Å². The van der Waals surface area contributed by atoms with Crippen LogP contribution in [-0.2, 0) is 11.2 Å². The zero-order chi connectivity index (χ0) is 20.1. The van der Waals surface area contributed by atoms with E-state index in [1.165, 1.54) is 6.92 Å². The van der Waals surface area contributed by atoms with Gasteiger partial charge in [0.05, 0.1) is 10.8 Å². The third kappa shape index (κ3) is 5.10. The van der Waals surface area contributed by atoms with Gasteiger partial charge in [-0.3, -0.25) is 19.7 Å². The van der Waals surface area contributed by atoms with E-state index in [2.05, 4.69) is 5.32 Å². The van der Waals surface area contributed by atoms with Crippen molar-refractivity contribution in [3.63, 3.8) is 0 Å². The lowest BCUT2D eigenvalue weighted by Gasteiger charge is -2.14. The number of carbonyl (C=O) groups is 2. The Kier molecular flexibility index (Phi) is 6.23. The molecule has 142 valence electrons. The first-order valence-electron chi connectivity index (χ1n) is 8.20. The van der Waals surface area contributed by atoms with Gasteiger partial charge >= 0.3 is 5.97 Å². The smallest absolute Gasteiger partial charge is 0.308 e. The maximum absolute atomic E-state index is 13.6. The predicted octanol–water partition coefficient (Wildman–Crippen LogP) is 3.02. The van der Waals surface area contributed by atoms with Crippen LogP contribution in [0, 0.1) is 35.7 Å². The van der Waals surface area contributed by atoms with Crippen LogP contribution in [0.1, 0.15) is 27.0 Å². The number of nitro groups is 1. The second-order valence-corrected chi connectivity index (χ2v) is 6.31. The lowest BCUT2D eigenvalue weighted by atomic mass is 9.98. The molecular formula is C19H19FN2O5. The van der Waals surface area contributed by atoms with Gasteiger partial charge in [0.2, 0.25) is 0 Å². The van der Waals surface area contributed by atoms with Crippen LogP contribution in [-0.4, -0.2) is 28.5 Å². The van der Waals surface area contributed by atoms with Crippen molar-refractivity contribution in [3.05, 3.63) is 74.6 Å². The van der Waals surface area contributed by atoms with Crippen molar-refractivity contribution in [2.75, 3.05) is 6.54 Å². The Bertz CT molecular complexity index is 898. The average molecular weight is 374 g/mol. The van der Waals surface area contributed by atoms with Crippen LogP contribution in [0.2, 0.25) is 0 Å². The number of hydrogen-bond acceptors (Lipinski definition) is 4. The zero-order valence-corrected chi connectivity index (χ0v) is 14.9. The highest BCUT2D eigenvalue weighted by Crippen LogP contribution is 2.24. The molecule has 0 aliphatic heterocycles. The first-order chi connectivity index (χ1) is 12.7. The molecule has 2 N–H and O–H groups in total. The summed E-state index contributed by atoms with van der Waals surface area (Å²) in [5, 5.41) is 23.0. The van der Waals surface area contributed by atoms with Crippen LogP contribution >= 0.6 is 0 Å². The average Bonchev–Trinajstić information content (AvgIpc) is 2.56. The minimum absolute atomic E-state index is 0.0136. The van der Waals surface area contributed by atoms with Crippen LogP contribution in [0.4, 0.5) is 10.1 Å². The van der Waals surface area contributed by atoms with Gasteiger partial charge in [0.15, 0.2) is 0 Å². The van der Waals surface area contributed by atoms with E-state index in [-0.39, 0.29) is 18.5 Å². The molecule has 0 saturated heterocycles. The van der Waals surface area contributed by atoms with Gasteiger partial charge in [0, 0.05) is 12.1 Å². The fourth-order valence-corrected chi connectivity index (χ4v) is 2.83. The summed E-state index contributed by atoms with van der Waals surface area (Å²) in [5.74, 6) is -3.70. The number of hydrogen-bond donors (Lipinski definition) is 2. The highest BCUT2D eigenvalue weighted by molar-refractivity contribution is 5.98. The van der Waals surface area contributed by atoms with Crippen LogP contribution < -0.4 is 5.32 Å². The Morgan fingerprint density at radius 2 is 1.96 bits per heavy atom. The van der Waals surface area contributed by atoms with E-state index in [0.29, 0.717) is 0 Å². The Balaban J connectivity index is 2.17. The minimum Gasteiger partial charge on any atom is -0.481 e. The van der Waals surface area contributed by atoms with E-state index in [9.17, 15) is 29.2 Å². The van der Waals surface area contributed by atoms with E-state index >= 15 is 0 Å². The van der Waals surface area contributed by atoms with Crippen molar-refractivity contribution < 1.29 is 24.0 Å². The van der Waals surface area contributed by atoms with Gasteiger partial charge < -0.3 is 10.4 Å². The van der Waals surface area contributed by atoms with E-state index in [0.717, 1.165) is 23.3 Å². The normalized spacial score (nSPS) is 11.7. The number of benzene rings is 2. The fraction of sp³-hybridized carbons (Fsp3) is 0.263. The van der Waals surface area contributed by atoms with Crippen molar-refractivity contribution in [2.45, 2.75) is 20.3 Å². The van der Waals surface area contributed by atoms with E-state index in [4.69, 9.17) is 0 Å². The number of aliphatic carboxylic acids is 1. The van der Waals surface area contributed by atoms with Crippen molar-refractivity contribution in [1.82, 2.24) is 5.32 Å². The molecule has 0 aromatic heterocycles. The Morgan fingerprint density at radius 3 is 2.56 bits per heavy atom. The molecule has 2 aromatic carbocycles. The predicted molar refractivity (Wildman–Crippen MR) is 96.1 cm³/mol. The molecule has 1 atom stereocenters. The number of nitrogens with one attached hydrogen (secondary N) is 1. The summed E-state index contributed by atoms with van der Waals surface area (Å²) in [6.07, 6.45) is 0.182. The quantitative estimate of drug-likeness (QED) is 0.572. The number of halogens is 1. The molecule has 0 radical (unpaired) electrons. The van der Waals surface area contributed by atoms with Gasteiger partial charge in [0.1, 0.15) is 11.4 Å². The molecule has 0 fully saturated rings. The maximum atomic E-state index is 13.6. The Labute approximate surface area is 155 Å². The summed E-state index contributed by atoms with van der Waals surface area (Å²) in [6.45, 7) is 2.97. The van der Waals surface area contributed by atoms with Crippen molar-refractivity contribution >= 4 is 17.6 Å². The number of rotatable bonds is 7. The second-order valence-electron chi connectivity index (χ2n) is 6.31. The van der Waals surface area contributed by atoms with Gasteiger partial charge in [-0.05, 0) is 38.0 Å². The summed E-state index contributed by atoms with van der Waals surface area (Å²) in [4.78, 5) is 34.3. The molecule has 1 amide bonds. The first kappa shape index (κ1) is 20.0. The number of nitro benzene ring substituents is 1. The molecule has 2 rings (SSSR count). The van der Waals surface area contributed by atoms with Crippen molar-refractivity contribution in [2.24, 2.45) is 5.92 Å². The van der Waals surface area contributed by atoms with Gasteiger partial charge in [-0.2, -0.15) is 0 Å². The molecule has 7 nitrogen and oxygen atoms in total. The minimum atomic E-state index is -1.11. The maximum Gasteiger partial charge on any atom is 0.308 e. The highest BCUT2D eigenvalue weighted by atomic mass is 19.1. The molecule has 0 saturated carbocycles. The van der Waals surface area contributed by atoms with Crippen molar-refractivity contribution in [1.29, 1.82) is 0 Å². The highest BCUT2D eigenvalue weighted by Gasteiger charge is 2.26. The topological polar surface area (TPSA) is 110 Å². The Hall–Kier alpha value is -3.29. The number of carboxylic acid groups (broad SMARTS) is 1. The molecule has 27 heavy (non-hydrogen) atoms. The third-order valence-electron chi connectivity index (χ3n) is 4.12. The van der Waals surface area contributed by atoms with E-state index in [1.807, 2.05) is 19.1 Å². The summed E-state index contributed by atoms with van der Waals surface area (Å²) in [7, 11) is 0. The van der Waals surface area contributed by atoms with Crippen LogP contribution in [0.15, 0.2) is 36.4 Å². The molecule has 2 aromatic rings. The van der Waals surface area contributed by atoms with Gasteiger partial charge in [-0.1, -0.05) is 29.8 Å². The number of carbonyl (C=O) groups excluding carboxylic acids is 1. The summed E-state index contributed by atoms with van der Waals surface area (Å²) < 4.78 is 13.6. The molecular weight excluding hydrogens is 355 g/mol. The lowest BCUT2D eigenvalue weighted by Crippen LogP contribution is -2.34. The second kappa shape index (κ2) is 8.39. The molecule has 0 aliphatic rings. The molecule has 0 bridgehead atoms. The first-order valence-corrected chi connectivity index (χ1v) is 8.20. The molecule has 0 spiro atoms.